The second-order valence-corrected chi connectivity index (χ2v) is 8.02. The highest BCUT2D eigenvalue weighted by Crippen LogP contribution is 2.57. The smallest absolute Gasteiger partial charge is 0.247 e. The van der Waals surface area contributed by atoms with E-state index in [1.54, 1.807) is 19.2 Å². The number of anilines is 1. The van der Waals surface area contributed by atoms with Crippen LogP contribution in [0.5, 0.6) is 5.88 Å². The molecule has 2 aliphatic heterocycles. The third-order valence-electron chi connectivity index (χ3n) is 5.66. The van der Waals surface area contributed by atoms with Gasteiger partial charge in [0.1, 0.15) is 16.3 Å². The van der Waals surface area contributed by atoms with Crippen LogP contribution in [0.3, 0.4) is 0 Å². The Hall–Kier alpha value is -3.22. The minimum absolute atomic E-state index is 0.0423. The number of carbonyl (C=O) groups is 2. The van der Waals surface area contributed by atoms with Crippen molar-refractivity contribution < 1.29 is 14.3 Å². The van der Waals surface area contributed by atoms with E-state index in [9.17, 15) is 9.59 Å². The Bertz CT molecular complexity index is 1310. The molecule has 0 saturated carbocycles. The fraction of sp³-hybridized carbons (Fsp3) is 0.130. The molecule has 1 unspecified atom stereocenters. The predicted octanol–water partition coefficient (Wildman–Crippen LogP) is 4.44. The Kier molecular flexibility index (Phi) is 4.39. The summed E-state index contributed by atoms with van der Waals surface area (Å²) in [6.07, 6.45) is 0. The lowest BCUT2D eigenvalue weighted by Gasteiger charge is -2.36. The number of ether oxygens (including phenoxy) is 1. The Morgan fingerprint density at radius 1 is 1.03 bits per heavy atom. The van der Waals surface area contributed by atoms with Gasteiger partial charge in [-0.2, -0.15) is 4.98 Å². The number of nitrogens with zero attached hydrogens (tertiary/aromatic N) is 3. The van der Waals surface area contributed by atoms with E-state index in [0.717, 1.165) is 0 Å². The first kappa shape index (κ1) is 19.7. The minimum atomic E-state index is -1.56. The summed E-state index contributed by atoms with van der Waals surface area (Å²) in [7, 11) is 1.66. The number of ketones is 1. The maximum atomic E-state index is 14.0. The number of hydrogen-bond acceptors (Lipinski definition) is 5. The van der Waals surface area contributed by atoms with Gasteiger partial charge in [-0.1, -0.05) is 60.1 Å². The van der Waals surface area contributed by atoms with E-state index in [4.69, 9.17) is 27.9 Å². The number of benzene rings is 2. The van der Waals surface area contributed by atoms with Gasteiger partial charge in [-0.15, -0.1) is 0 Å². The number of hydrogen-bond donors (Lipinski definition) is 0. The fourth-order valence-electron chi connectivity index (χ4n) is 4.48. The second kappa shape index (κ2) is 6.90. The molecular formula is C23H15Cl2N3O3. The van der Waals surface area contributed by atoms with Crippen LogP contribution in [-0.4, -0.2) is 28.7 Å². The van der Waals surface area contributed by atoms with E-state index >= 15 is 0 Å². The summed E-state index contributed by atoms with van der Waals surface area (Å²) in [5, 5.41) is -0.163. The van der Waals surface area contributed by atoms with E-state index in [-0.39, 0.29) is 44.9 Å². The molecule has 1 amide bonds. The van der Waals surface area contributed by atoms with Gasteiger partial charge in [-0.3, -0.25) is 9.59 Å². The number of carbonyl (C=O) groups excluding carboxylic acids is 2. The van der Waals surface area contributed by atoms with E-state index in [0.29, 0.717) is 16.8 Å². The van der Waals surface area contributed by atoms with Crippen LogP contribution in [0, 0.1) is 0 Å². The van der Waals surface area contributed by atoms with Crippen molar-refractivity contribution in [3.8, 4) is 5.88 Å². The average Bonchev–Trinajstić information content (AvgIpc) is 2.96. The summed E-state index contributed by atoms with van der Waals surface area (Å²) in [4.78, 5) is 36.9. The minimum Gasteiger partial charge on any atom is -0.437 e. The number of aromatic nitrogens is 2. The molecule has 0 fully saturated rings. The Morgan fingerprint density at radius 3 is 2.42 bits per heavy atom. The van der Waals surface area contributed by atoms with E-state index in [1.807, 2.05) is 42.5 Å². The summed E-state index contributed by atoms with van der Waals surface area (Å²) < 4.78 is 6.11. The van der Waals surface area contributed by atoms with Crippen LogP contribution in [-0.2, 0) is 15.0 Å². The fourth-order valence-corrected chi connectivity index (χ4v) is 4.99. The van der Waals surface area contributed by atoms with Gasteiger partial charge in [-0.05, 0) is 24.6 Å². The zero-order valence-corrected chi connectivity index (χ0v) is 18.0. The van der Waals surface area contributed by atoms with Crippen LogP contribution in [0.4, 0.5) is 5.69 Å². The first-order valence-electron chi connectivity index (χ1n) is 9.47. The normalized spacial score (nSPS) is 19.4. The molecule has 3 aromatic rings. The van der Waals surface area contributed by atoms with Crippen molar-refractivity contribution in [2.24, 2.45) is 0 Å². The summed E-state index contributed by atoms with van der Waals surface area (Å²) in [5.41, 5.74) is 0.739. The van der Waals surface area contributed by atoms with Crippen LogP contribution < -0.4 is 9.64 Å². The molecule has 6 nitrogen and oxygen atoms in total. The van der Waals surface area contributed by atoms with Crippen molar-refractivity contribution in [3.63, 3.8) is 0 Å². The Morgan fingerprint density at radius 2 is 1.71 bits per heavy atom. The molecule has 2 aromatic carbocycles. The molecule has 5 rings (SSSR count). The molecule has 1 aromatic heterocycles. The third kappa shape index (κ3) is 2.58. The van der Waals surface area contributed by atoms with Crippen LogP contribution in [0.25, 0.3) is 5.76 Å². The van der Waals surface area contributed by atoms with Gasteiger partial charge in [-0.25, -0.2) is 4.98 Å². The van der Waals surface area contributed by atoms with E-state index in [2.05, 4.69) is 9.97 Å². The Labute approximate surface area is 188 Å². The number of para-hydroxylation sites is 1. The van der Waals surface area contributed by atoms with Gasteiger partial charge in [0.05, 0.1) is 11.1 Å². The summed E-state index contributed by atoms with van der Waals surface area (Å²) in [6.45, 7) is 1.41. The van der Waals surface area contributed by atoms with Gasteiger partial charge in [0.25, 0.3) is 0 Å². The molecule has 1 atom stereocenters. The third-order valence-corrected chi connectivity index (χ3v) is 6.11. The molecule has 3 heterocycles. The number of fused-ring (bicyclic) bond motifs is 4. The first-order valence-corrected chi connectivity index (χ1v) is 10.2. The molecule has 31 heavy (non-hydrogen) atoms. The van der Waals surface area contributed by atoms with Crippen molar-refractivity contribution in [1.29, 1.82) is 0 Å². The molecule has 0 saturated heterocycles. The standard InChI is InChI=1S/C23H15Cl2N3O3/c1-12(29)16-18(13-8-4-3-5-9-13)31-20-17(19(24)26-22(25)27-20)23(16)14-10-6-7-11-15(14)28(2)21(23)30/h3-11H,1-2H3. The van der Waals surface area contributed by atoms with Gasteiger partial charge >= 0.3 is 0 Å². The number of halogens is 2. The van der Waals surface area contributed by atoms with Crippen molar-refractivity contribution in [2.75, 3.05) is 11.9 Å². The van der Waals surface area contributed by atoms with Gasteiger partial charge < -0.3 is 9.64 Å². The molecule has 2 aliphatic rings. The monoisotopic (exact) mass is 451 g/mol. The lowest BCUT2D eigenvalue weighted by Crippen LogP contribution is -2.46. The number of amides is 1. The van der Waals surface area contributed by atoms with Crippen LogP contribution >= 0.6 is 23.2 Å². The quantitative estimate of drug-likeness (QED) is 0.425. The summed E-state index contributed by atoms with van der Waals surface area (Å²) in [5.74, 6) is -0.379. The van der Waals surface area contributed by atoms with Crippen LogP contribution in [0.1, 0.15) is 23.6 Å². The topological polar surface area (TPSA) is 72.4 Å². The van der Waals surface area contributed by atoms with E-state index in [1.165, 1.54) is 11.8 Å². The van der Waals surface area contributed by atoms with Crippen LogP contribution in [0.15, 0.2) is 60.2 Å². The molecule has 1 spiro atoms. The summed E-state index contributed by atoms with van der Waals surface area (Å²) >= 11 is 12.6. The molecule has 0 aliphatic carbocycles. The van der Waals surface area contributed by atoms with Crippen LogP contribution in [0.2, 0.25) is 10.4 Å². The molecule has 154 valence electrons. The van der Waals surface area contributed by atoms with Gasteiger partial charge in [0.15, 0.2) is 5.78 Å². The van der Waals surface area contributed by atoms with E-state index < -0.39 is 5.41 Å². The largest absolute Gasteiger partial charge is 0.437 e. The molecule has 0 bridgehead atoms. The zero-order chi connectivity index (χ0) is 21.9. The SMILES string of the molecule is CC(=O)C1=C(c2ccccc2)Oc2nc(Cl)nc(Cl)c2C12C(=O)N(C)c1ccccc12. The Balaban J connectivity index is 2.00. The molecular weight excluding hydrogens is 437 g/mol. The highest BCUT2D eigenvalue weighted by molar-refractivity contribution is 6.34. The second-order valence-electron chi connectivity index (χ2n) is 7.32. The highest BCUT2D eigenvalue weighted by Gasteiger charge is 2.61. The molecule has 0 radical (unpaired) electrons. The molecule has 8 heteroatoms. The van der Waals surface area contributed by atoms with Crippen molar-refractivity contribution in [2.45, 2.75) is 12.3 Å². The number of rotatable bonds is 2. The lowest BCUT2D eigenvalue weighted by molar-refractivity contribution is -0.123. The maximum Gasteiger partial charge on any atom is 0.247 e. The van der Waals surface area contributed by atoms with Crippen molar-refractivity contribution in [1.82, 2.24) is 9.97 Å². The van der Waals surface area contributed by atoms with Crippen molar-refractivity contribution in [3.05, 3.63) is 87.3 Å². The van der Waals surface area contributed by atoms with Gasteiger partial charge in [0.2, 0.25) is 17.1 Å². The average molecular weight is 452 g/mol. The number of likely N-dealkylation sites (N-methyl/N-ethyl adjacent to an activating group) is 1. The lowest BCUT2D eigenvalue weighted by atomic mass is 9.67. The zero-order valence-electron chi connectivity index (χ0n) is 16.5. The van der Waals surface area contributed by atoms with Gasteiger partial charge in [0, 0.05) is 23.9 Å². The first-order chi connectivity index (χ1) is 14.9. The highest BCUT2D eigenvalue weighted by atomic mass is 35.5. The summed E-state index contributed by atoms with van der Waals surface area (Å²) in [6, 6.07) is 16.4. The number of Topliss-reactive ketones (excluding diaryl/α,β-unsaturated/α-hetero) is 1. The van der Waals surface area contributed by atoms with Crippen molar-refractivity contribution >= 4 is 46.3 Å². The molecule has 0 N–H and O–H groups in total. The maximum absolute atomic E-state index is 14.0. The predicted molar refractivity (Wildman–Crippen MR) is 117 cm³/mol.